The third kappa shape index (κ3) is 5.43. The molecule has 0 aliphatic rings. The van der Waals surface area contributed by atoms with Crippen LogP contribution in [0.2, 0.25) is 0 Å². The van der Waals surface area contributed by atoms with Crippen molar-refractivity contribution in [3.8, 4) is 11.5 Å². The van der Waals surface area contributed by atoms with E-state index in [0.29, 0.717) is 16.9 Å². The molecule has 0 aliphatic carbocycles. The highest BCUT2D eigenvalue weighted by Gasteiger charge is 2.26. The van der Waals surface area contributed by atoms with Crippen molar-refractivity contribution in [1.82, 2.24) is 0 Å². The van der Waals surface area contributed by atoms with Gasteiger partial charge in [0.15, 0.2) is 5.78 Å². The van der Waals surface area contributed by atoms with Gasteiger partial charge in [0, 0.05) is 11.0 Å². The third-order valence-corrected chi connectivity index (χ3v) is 7.08. The van der Waals surface area contributed by atoms with Crippen molar-refractivity contribution < 1.29 is 19.1 Å². The number of esters is 1. The second-order valence-corrected chi connectivity index (χ2v) is 10.6. The number of hydrogen-bond donors (Lipinski definition) is 0. The Morgan fingerprint density at radius 3 is 1.75 bits per heavy atom. The van der Waals surface area contributed by atoms with Crippen molar-refractivity contribution in [3.05, 3.63) is 83.9 Å². The first-order chi connectivity index (χ1) is 17.0. The van der Waals surface area contributed by atoms with Crippen molar-refractivity contribution in [2.45, 2.75) is 60.0 Å². The zero-order valence-corrected chi connectivity index (χ0v) is 22.0. The molecule has 4 aromatic rings. The monoisotopic (exact) mass is 482 g/mol. The molecule has 4 rings (SSSR count). The molecule has 0 aromatic heterocycles. The first-order valence-electron chi connectivity index (χ1n) is 12.5. The lowest BCUT2D eigenvalue weighted by atomic mass is 9.81. The van der Waals surface area contributed by atoms with Crippen molar-refractivity contribution >= 4 is 33.3 Å². The lowest BCUT2D eigenvalue weighted by molar-refractivity contribution is 0.0734. The van der Waals surface area contributed by atoms with Crippen LogP contribution in [0, 0.1) is 5.41 Å². The molecule has 0 saturated carbocycles. The Hall–Kier alpha value is -3.66. The average Bonchev–Trinajstić information content (AvgIpc) is 2.87. The number of benzene rings is 4. The summed E-state index contributed by atoms with van der Waals surface area (Å²) in [7, 11) is 0. The maximum atomic E-state index is 12.9. The maximum Gasteiger partial charge on any atom is 0.343 e. The van der Waals surface area contributed by atoms with Crippen molar-refractivity contribution in [2.24, 2.45) is 5.41 Å². The summed E-state index contributed by atoms with van der Waals surface area (Å²) in [6, 6.07) is 22.5. The second-order valence-electron chi connectivity index (χ2n) is 10.6. The standard InChI is InChI=1S/C32H34O4/c1-7-31(3,4)29(33)25-11-9-22-18-26(12-10-21(22)17-25)30(34)35-27-15-13-24-20-28(16-14-23(24)19-27)36-32(5,6)8-2/h9-20H,7-8H2,1-6H3. The van der Waals surface area contributed by atoms with Gasteiger partial charge in [-0.1, -0.05) is 58.0 Å². The lowest BCUT2D eigenvalue weighted by Gasteiger charge is -2.25. The van der Waals surface area contributed by atoms with E-state index in [9.17, 15) is 9.59 Å². The fourth-order valence-corrected chi connectivity index (χ4v) is 3.95. The predicted molar refractivity (Wildman–Crippen MR) is 146 cm³/mol. The summed E-state index contributed by atoms with van der Waals surface area (Å²) in [4.78, 5) is 25.7. The number of ketones is 1. The van der Waals surface area contributed by atoms with Crippen LogP contribution in [-0.2, 0) is 0 Å². The Morgan fingerprint density at radius 2 is 1.14 bits per heavy atom. The normalized spacial score (nSPS) is 12.1. The molecule has 0 heterocycles. The van der Waals surface area contributed by atoms with E-state index in [-0.39, 0.29) is 11.4 Å². The Morgan fingerprint density at radius 1 is 0.639 bits per heavy atom. The molecule has 0 amide bonds. The van der Waals surface area contributed by atoms with E-state index in [2.05, 4.69) is 20.8 Å². The molecule has 0 aliphatic heterocycles. The van der Waals surface area contributed by atoms with Gasteiger partial charge >= 0.3 is 5.97 Å². The largest absolute Gasteiger partial charge is 0.488 e. The molecule has 4 heteroatoms. The van der Waals surface area contributed by atoms with Crippen molar-refractivity contribution in [1.29, 1.82) is 0 Å². The Balaban J connectivity index is 1.52. The van der Waals surface area contributed by atoms with Crippen LogP contribution >= 0.6 is 0 Å². The van der Waals surface area contributed by atoms with Gasteiger partial charge in [-0.25, -0.2) is 4.79 Å². The molecule has 0 atom stereocenters. The number of Topliss-reactive ketones (excluding diaryl/α,β-unsaturated/α-hetero) is 1. The van der Waals surface area contributed by atoms with E-state index < -0.39 is 11.4 Å². The third-order valence-electron chi connectivity index (χ3n) is 7.08. The molecule has 36 heavy (non-hydrogen) atoms. The smallest absolute Gasteiger partial charge is 0.343 e. The average molecular weight is 483 g/mol. The van der Waals surface area contributed by atoms with Gasteiger partial charge in [0.05, 0.1) is 5.56 Å². The zero-order chi connectivity index (χ0) is 26.1. The number of carbonyl (C=O) groups excluding carboxylic acids is 2. The molecule has 0 saturated heterocycles. The van der Waals surface area contributed by atoms with Gasteiger partial charge in [-0.15, -0.1) is 0 Å². The van der Waals surface area contributed by atoms with Crippen LogP contribution in [-0.4, -0.2) is 17.4 Å². The van der Waals surface area contributed by atoms with Gasteiger partial charge in [0.2, 0.25) is 0 Å². The summed E-state index contributed by atoms with van der Waals surface area (Å²) in [5, 5.41) is 3.78. The van der Waals surface area contributed by atoms with E-state index in [4.69, 9.17) is 9.47 Å². The topological polar surface area (TPSA) is 52.6 Å². The molecular formula is C32H34O4. The lowest BCUT2D eigenvalue weighted by Crippen LogP contribution is -2.26. The Bertz CT molecular complexity index is 1450. The Labute approximate surface area is 213 Å². The Kier molecular flexibility index (Phi) is 6.90. The SMILES string of the molecule is CCC(C)(C)Oc1ccc2cc(OC(=O)c3ccc4cc(C(=O)C(C)(C)CC)ccc4c3)ccc2c1. The van der Waals surface area contributed by atoms with Gasteiger partial charge in [0.1, 0.15) is 17.1 Å². The first kappa shape index (κ1) is 25.4. The van der Waals surface area contributed by atoms with Crippen LogP contribution < -0.4 is 9.47 Å². The summed E-state index contributed by atoms with van der Waals surface area (Å²) < 4.78 is 11.8. The van der Waals surface area contributed by atoms with Gasteiger partial charge in [-0.2, -0.15) is 0 Å². The molecule has 0 N–H and O–H groups in total. The zero-order valence-electron chi connectivity index (χ0n) is 22.0. The molecule has 0 bridgehead atoms. The number of rotatable bonds is 8. The number of hydrogen-bond acceptors (Lipinski definition) is 4. The number of carbonyl (C=O) groups is 2. The highest BCUT2D eigenvalue weighted by Crippen LogP contribution is 2.30. The predicted octanol–water partition coefficient (Wildman–Crippen LogP) is 8.40. The quantitative estimate of drug-likeness (QED) is 0.144. The van der Waals surface area contributed by atoms with E-state index in [1.54, 1.807) is 18.2 Å². The van der Waals surface area contributed by atoms with Crippen molar-refractivity contribution in [3.63, 3.8) is 0 Å². The molecule has 0 radical (unpaired) electrons. The number of ether oxygens (including phenoxy) is 2. The second kappa shape index (κ2) is 9.77. The van der Waals surface area contributed by atoms with Gasteiger partial charge in [-0.3, -0.25) is 4.79 Å². The van der Waals surface area contributed by atoms with E-state index in [0.717, 1.165) is 40.1 Å². The van der Waals surface area contributed by atoms with Crippen LogP contribution in [0.1, 0.15) is 75.1 Å². The van der Waals surface area contributed by atoms with Crippen LogP contribution in [0.3, 0.4) is 0 Å². The summed E-state index contributed by atoms with van der Waals surface area (Å²) in [6.07, 6.45) is 1.68. The summed E-state index contributed by atoms with van der Waals surface area (Å²) in [5.41, 5.74) is 0.512. The molecule has 0 unspecified atom stereocenters. The molecule has 186 valence electrons. The fourth-order valence-electron chi connectivity index (χ4n) is 3.95. The van der Waals surface area contributed by atoms with Crippen LogP contribution in [0.4, 0.5) is 0 Å². The molecule has 0 spiro atoms. The fraction of sp³-hybridized carbons (Fsp3) is 0.312. The molecule has 4 aromatic carbocycles. The summed E-state index contributed by atoms with van der Waals surface area (Å²) in [5.74, 6) is 1.00. The van der Waals surface area contributed by atoms with Gasteiger partial charge < -0.3 is 9.47 Å². The first-order valence-corrected chi connectivity index (χ1v) is 12.5. The maximum absolute atomic E-state index is 12.9. The molecular weight excluding hydrogens is 448 g/mol. The van der Waals surface area contributed by atoms with Gasteiger partial charge in [0.25, 0.3) is 0 Å². The van der Waals surface area contributed by atoms with Crippen LogP contribution in [0.15, 0.2) is 72.8 Å². The highest BCUT2D eigenvalue weighted by atomic mass is 16.5. The van der Waals surface area contributed by atoms with Crippen LogP contribution in [0.5, 0.6) is 11.5 Å². The summed E-state index contributed by atoms with van der Waals surface area (Å²) >= 11 is 0. The van der Waals surface area contributed by atoms with E-state index >= 15 is 0 Å². The minimum atomic E-state index is -0.423. The number of fused-ring (bicyclic) bond motifs is 2. The molecule has 4 nitrogen and oxygen atoms in total. The van der Waals surface area contributed by atoms with E-state index in [1.165, 1.54) is 0 Å². The van der Waals surface area contributed by atoms with Crippen molar-refractivity contribution in [2.75, 3.05) is 0 Å². The summed E-state index contributed by atoms with van der Waals surface area (Å²) in [6.45, 7) is 12.2. The minimum absolute atomic E-state index is 0.124. The highest BCUT2D eigenvalue weighted by molar-refractivity contribution is 6.04. The van der Waals surface area contributed by atoms with Gasteiger partial charge in [-0.05, 0) is 90.7 Å². The van der Waals surface area contributed by atoms with E-state index in [1.807, 2.05) is 75.4 Å². The molecule has 0 fully saturated rings. The minimum Gasteiger partial charge on any atom is -0.488 e. The van der Waals surface area contributed by atoms with Crippen LogP contribution in [0.25, 0.3) is 21.5 Å².